The van der Waals surface area contributed by atoms with Gasteiger partial charge in [-0.05, 0) is 45.0 Å². The van der Waals surface area contributed by atoms with Crippen molar-refractivity contribution in [1.82, 2.24) is 4.90 Å². The number of nitrogens with zero attached hydrogens (tertiary/aromatic N) is 2. The first kappa shape index (κ1) is 16.1. The number of nitrogens with two attached hydrogens (primary N) is 1. The Bertz CT molecular complexity index is 537. The van der Waals surface area contributed by atoms with Gasteiger partial charge in [-0.2, -0.15) is 0 Å². The van der Waals surface area contributed by atoms with E-state index < -0.39 is 5.60 Å². The molecule has 0 spiro atoms. The van der Waals surface area contributed by atoms with Gasteiger partial charge in [0.25, 0.3) is 0 Å². The van der Waals surface area contributed by atoms with Gasteiger partial charge >= 0.3 is 6.09 Å². The van der Waals surface area contributed by atoms with E-state index in [1.165, 1.54) is 0 Å². The quantitative estimate of drug-likeness (QED) is 0.667. The summed E-state index contributed by atoms with van der Waals surface area (Å²) in [5.41, 5.74) is 6.75. The second kappa shape index (κ2) is 6.25. The summed E-state index contributed by atoms with van der Waals surface area (Å²) in [4.78, 5) is 27.1. The molecule has 0 radical (unpaired) electrons. The Morgan fingerprint density at radius 3 is 2.45 bits per heavy atom. The summed E-state index contributed by atoms with van der Waals surface area (Å²) in [5, 5.41) is 0. The Morgan fingerprint density at radius 1 is 1.27 bits per heavy atom. The number of anilines is 2. The molecule has 0 aromatic heterocycles. The highest BCUT2D eigenvalue weighted by Crippen LogP contribution is 2.22. The van der Waals surface area contributed by atoms with Crippen LogP contribution in [-0.2, 0) is 9.53 Å². The SMILES string of the molecule is CC(C)(C)OC(=O)N1CCN(c2ccc(N)cc2)C(C=O)C1. The summed E-state index contributed by atoms with van der Waals surface area (Å²) in [7, 11) is 0. The van der Waals surface area contributed by atoms with Crippen molar-refractivity contribution in [3.05, 3.63) is 24.3 Å². The minimum atomic E-state index is -0.540. The van der Waals surface area contributed by atoms with Crippen molar-refractivity contribution in [1.29, 1.82) is 0 Å². The number of ether oxygens (including phenoxy) is 1. The molecule has 120 valence electrons. The molecule has 1 aromatic carbocycles. The summed E-state index contributed by atoms with van der Waals surface area (Å²) in [6.07, 6.45) is 0.490. The number of carbonyl (C=O) groups is 2. The molecule has 0 aliphatic carbocycles. The maximum atomic E-state index is 12.1. The van der Waals surface area contributed by atoms with E-state index >= 15 is 0 Å². The predicted octanol–water partition coefficient (Wildman–Crippen LogP) is 1.89. The zero-order valence-electron chi connectivity index (χ0n) is 13.3. The third kappa shape index (κ3) is 3.90. The number of hydrogen-bond acceptors (Lipinski definition) is 5. The smallest absolute Gasteiger partial charge is 0.410 e. The van der Waals surface area contributed by atoms with E-state index in [-0.39, 0.29) is 12.1 Å². The molecule has 1 unspecified atom stereocenters. The van der Waals surface area contributed by atoms with Crippen molar-refractivity contribution < 1.29 is 14.3 Å². The van der Waals surface area contributed by atoms with E-state index in [0.29, 0.717) is 25.3 Å². The summed E-state index contributed by atoms with van der Waals surface area (Å²) in [5.74, 6) is 0. The fourth-order valence-corrected chi connectivity index (χ4v) is 2.41. The predicted molar refractivity (Wildman–Crippen MR) is 85.9 cm³/mol. The lowest BCUT2D eigenvalue weighted by molar-refractivity contribution is -0.109. The largest absolute Gasteiger partial charge is 0.444 e. The second-order valence-electron chi connectivity index (χ2n) is 6.41. The molecule has 2 N–H and O–H groups in total. The first-order valence-corrected chi connectivity index (χ1v) is 7.35. The summed E-state index contributed by atoms with van der Waals surface area (Å²) < 4.78 is 5.36. The normalized spacial score (nSPS) is 19.0. The van der Waals surface area contributed by atoms with E-state index in [1.54, 1.807) is 17.0 Å². The van der Waals surface area contributed by atoms with E-state index in [9.17, 15) is 9.59 Å². The number of nitrogen functional groups attached to an aromatic ring is 1. The van der Waals surface area contributed by atoms with Gasteiger partial charge in [-0.1, -0.05) is 0 Å². The van der Waals surface area contributed by atoms with Crippen molar-refractivity contribution >= 4 is 23.8 Å². The van der Waals surface area contributed by atoms with Crippen LogP contribution in [0.2, 0.25) is 0 Å². The van der Waals surface area contributed by atoms with Gasteiger partial charge in [0, 0.05) is 24.5 Å². The van der Waals surface area contributed by atoms with Crippen LogP contribution >= 0.6 is 0 Å². The minimum absolute atomic E-state index is 0.322. The van der Waals surface area contributed by atoms with Gasteiger partial charge in [0.05, 0.1) is 6.54 Å². The van der Waals surface area contributed by atoms with Crippen molar-refractivity contribution in [3.8, 4) is 0 Å². The maximum absolute atomic E-state index is 12.1. The Balaban J connectivity index is 2.06. The van der Waals surface area contributed by atoms with Crippen LogP contribution in [0.4, 0.5) is 16.2 Å². The molecule has 1 heterocycles. The Kier molecular flexibility index (Phi) is 4.59. The zero-order chi connectivity index (χ0) is 16.3. The highest BCUT2D eigenvalue weighted by atomic mass is 16.6. The van der Waals surface area contributed by atoms with E-state index in [4.69, 9.17) is 10.5 Å². The first-order valence-electron chi connectivity index (χ1n) is 7.35. The van der Waals surface area contributed by atoms with Crippen LogP contribution in [0.1, 0.15) is 20.8 Å². The van der Waals surface area contributed by atoms with Crippen LogP contribution in [0.25, 0.3) is 0 Å². The molecule has 1 amide bonds. The third-order valence-electron chi connectivity index (χ3n) is 3.45. The van der Waals surface area contributed by atoms with Crippen molar-refractivity contribution in [2.75, 3.05) is 30.3 Å². The number of aldehydes is 1. The molecular weight excluding hydrogens is 282 g/mol. The van der Waals surface area contributed by atoms with Crippen LogP contribution in [0.15, 0.2) is 24.3 Å². The van der Waals surface area contributed by atoms with Gasteiger partial charge < -0.3 is 25.1 Å². The maximum Gasteiger partial charge on any atom is 0.410 e. The van der Waals surface area contributed by atoms with E-state index in [1.807, 2.05) is 37.8 Å². The third-order valence-corrected chi connectivity index (χ3v) is 3.45. The molecule has 0 bridgehead atoms. The number of benzene rings is 1. The average molecular weight is 305 g/mol. The standard InChI is InChI=1S/C16H23N3O3/c1-16(2,3)22-15(21)18-8-9-19(14(10-18)11-20)13-6-4-12(17)5-7-13/h4-7,11,14H,8-10,17H2,1-3H3. The molecule has 22 heavy (non-hydrogen) atoms. The molecule has 2 rings (SSSR count). The number of hydrogen-bond donors (Lipinski definition) is 1. The van der Waals surface area contributed by atoms with Gasteiger partial charge in [0.2, 0.25) is 0 Å². The van der Waals surface area contributed by atoms with Crippen LogP contribution in [0.3, 0.4) is 0 Å². The number of rotatable bonds is 2. The Hall–Kier alpha value is -2.24. The van der Waals surface area contributed by atoms with Gasteiger partial charge in [0.15, 0.2) is 0 Å². The molecule has 1 saturated heterocycles. The van der Waals surface area contributed by atoms with Crippen molar-refractivity contribution in [2.45, 2.75) is 32.4 Å². The van der Waals surface area contributed by atoms with Gasteiger partial charge in [-0.15, -0.1) is 0 Å². The summed E-state index contributed by atoms with van der Waals surface area (Å²) in [6.45, 7) is 6.89. The Morgan fingerprint density at radius 2 is 1.91 bits per heavy atom. The highest BCUT2D eigenvalue weighted by molar-refractivity contribution is 5.73. The molecule has 1 aromatic rings. The molecule has 6 nitrogen and oxygen atoms in total. The molecular formula is C16H23N3O3. The molecule has 1 fully saturated rings. The second-order valence-corrected chi connectivity index (χ2v) is 6.41. The first-order chi connectivity index (χ1) is 10.3. The van der Waals surface area contributed by atoms with Crippen LogP contribution in [0, 0.1) is 0 Å². The van der Waals surface area contributed by atoms with Crippen molar-refractivity contribution in [2.24, 2.45) is 0 Å². The molecule has 1 aliphatic heterocycles. The molecule has 0 saturated carbocycles. The molecule has 1 aliphatic rings. The Labute approximate surface area is 130 Å². The fourth-order valence-electron chi connectivity index (χ4n) is 2.41. The molecule has 6 heteroatoms. The lowest BCUT2D eigenvalue weighted by atomic mass is 10.1. The summed E-state index contributed by atoms with van der Waals surface area (Å²) >= 11 is 0. The van der Waals surface area contributed by atoms with Crippen LogP contribution in [-0.4, -0.2) is 48.6 Å². The number of piperazine rings is 1. The van der Waals surface area contributed by atoms with Gasteiger partial charge in [-0.3, -0.25) is 0 Å². The topological polar surface area (TPSA) is 75.9 Å². The monoisotopic (exact) mass is 305 g/mol. The lowest BCUT2D eigenvalue weighted by Gasteiger charge is -2.40. The fraction of sp³-hybridized carbons (Fsp3) is 0.500. The van der Waals surface area contributed by atoms with E-state index in [0.717, 1.165) is 12.0 Å². The highest BCUT2D eigenvalue weighted by Gasteiger charge is 2.31. The lowest BCUT2D eigenvalue weighted by Crippen LogP contribution is -2.56. The summed E-state index contributed by atoms with van der Waals surface area (Å²) in [6, 6.07) is 6.99. The van der Waals surface area contributed by atoms with Crippen LogP contribution in [0.5, 0.6) is 0 Å². The minimum Gasteiger partial charge on any atom is -0.444 e. The van der Waals surface area contributed by atoms with Crippen molar-refractivity contribution in [3.63, 3.8) is 0 Å². The number of amides is 1. The zero-order valence-corrected chi connectivity index (χ0v) is 13.3. The van der Waals surface area contributed by atoms with Gasteiger partial charge in [-0.25, -0.2) is 4.79 Å². The molecule has 1 atom stereocenters. The van der Waals surface area contributed by atoms with Crippen LogP contribution < -0.4 is 10.6 Å². The number of carbonyl (C=O) groups excluding carboxylic acids is 2. The average Bonchev–Trinajstić information content (AvgIpc) is 2.45. The van der Waals surface area contributed by atoms with E-state index in [2.05, 4.69) is 0 Å². The van der Waals surface area contributed by atoms with Gasteiger partial charge in [0.1, 0.15) is 17.9 Å².